The molecule has 0 amide bonds. The molecule has 23 heavy (non-hydrogen) atoms. The molecule has 2 aromatic rings. The van der Waals surface area contributed by atoms with E-state index in [4.69, 9.17) is 4.42 Å². The van der Waals surface area contributed by atoms with Crippen LogP contribution in [0.4, 0.5) is 0 Å². The second kappa shape index (κ2) is 5.68. The third kappa shape index (κ3) is 2.45. The number of para-hydroxylation sites is 1. The highest BCUT2D eigenvalue weighted by Gasteiger charge is 2.45. The smallest absolute Gasteiger partial charge is 0.320 e. The second-order valence-electron chi connectivity index (χ2n) is 7.01. The number of carboxylic acids is 1. The minimum Gasteiger partial charge on any atom is -0.480 e. The SMILES string of the molecule is Cc1oc2ccccc2c1CN1C(C(=O)O)CC2CCCCC21. The number of benzene rings is 1. The van der Waals surface area contributed by atoms with Crippen molar-refractivity contribution in [3.63, 3.8) is 0 Å². The van der Waals surface area contributed by atoms with E-state index >= 15 is 0 Å². The van der Waals surface area contributed by atoms with Gasteiger partial charge in [-0.05, 0) is 38.2 Å². The molecule has 4 heteroatoms. The molecule has 4 nitrogen and oxygen atoms in total. The van der Waals surface area contributed by atoms with E-state index in [1.807, 2.05) is 25.1 Å². The van der Waals surface area contributed by atoms with Crippen LogP contribution in [0, 0.1) is 12.8 Å². The fraction of sp³-hybridized carbons (Fsp3) is 0.526. The molecule has 1 aromatic carbocycles. The van der Waals surface area contributed by atoms with Crippen molar-refractivity contribution in [1.29, 1.82) is 0 Å². The predicted octanol–water partition coefficient (Wildman–Crippen LogP) is 3.96. The third-order valence-electron chi connectivity index (χ3n) is 5.75. The topological polar surface area (TPSA) is 53.7 Å². The number of hydrogen-bond donors (Lipinski definition) is 1. The summed E-state index contributed by atoms with van der Waals surface area (Å²) in [6.45, 7) is 2.67. The van der Waals surface area contributed by atoms with Crippen LogP contribution in [0.1, 0.15) is 43.4 Å². The van der Waals surface area contributed by atoms with Crippen LogP contribution in [-0.2, 0) is 11.3 Å². The van der Waals surface area contributed by atoms with Gasteiger partial charge >= 0.3 is 5.97 Å². The maximum absolute atomic E-state index is 11.8. The average molecular weight is 313 g/mol. The maximum atomic E-state index is 11.8. The van der Waals surface area contributed by atoms with Gasteiger partial charge in [0.2, 0.25) is 0 Å². The van der Waals surface area contributed by atoms with Gasteiger partial charge in [-0.2, -0.15) is 0 Å². The van der Waals surface area contributed by atoms with E-state index in [0.717, 1.165) is 35.1 Å². The molecule has 1 saturated carbocycles. The van der Waals surface area contributed by atoms with Crippen molar-refractivity contribution in [3.8, 4) is 0 Å². The van der Waals surface area contributed by atoms with E-state index in [2.05, 4.69) is 11.0 Å². The lowest BCUT2D eigenvalue weighted by atomic mass is 9.84. The van der Waals surface area contributed by atoms with Gasteiger partial charge in [0.25, 0.3) is 0 Å². The first-order valence-corrected chi connectivity index (χ1v) is 8.60. The highest BCUT2D eigenvalue weighted by molar-refractivity contribution is 5.82. The number of aliphatic carboxylic acids is 1. The van der Waals surface area contributed by atoms with Gasteiger partial charge in [-0.15, -0.1) is 0 Å². The van der Waals surface area contributed by atoms with E-state index in [9.17, 15) is 9.90 Å². The number of fused-ring (bicyclic) bond motifs is 2. The number of aryl methyl sites for hydroxylation is 1. The zero-order valence-electron chi connectivity index (χ0n) is 13.5. The number of rotatable bonds is 3. The summed E-state index contributed by atoms with van der Waals surface area (Å²) >= 11 is 0. The highest BCUT2D eigenvalue weighted by atomic mass is 16.4. The van der Waals surface area contributed by atoms with Crippen LogP contribution in [-0.4, -0.2) is 28.1 Å². The standard InChI is InChI=1S/C19H23NO3/c1-12-15(14-7-3-5-9-18(14)23-12)11-20-16-8-4-2-6-13(16)10-17(20)19(21)22/h3,5,7,9,13,16-17H,2,4,6,8,10-11H2,1H3,(H,21,22). The van der Waals surface area contributed by atoms with Crippen molar-refractivity contribution in [2.45, 2.75) is 57.7 Å². The average Bonchev–Trinajstić information content (AvgIpc) is 3.07. The molecule has 2 heterocycles. The largest absolute Gasteiger partial charge is 0.480 e. The van der Waals surface area contributed by atoms with E-state index < -0.39 is 5.97 Å². The van der Waals surface area contributed by atoms with Crippen LogP contribution in [0.5, 0.6) is 0 Å². The van der Waals surface area contributed by atoms with Gasteiger partial charge in [-0.25, -0.2) is 0 Å². The van der Waals surface area contributed by atoms with E-state index in [1.54, 1.807) is 0 Å². The van der Waals surface area contributed by atoms with Crippen molar-refractivity contribution in [3.05, 3.63) is 35.6 Å². The Morgan fingerprint density at radius 3 is 2.91 bits per heavy atom. The summed E-state index contributed by atoms with van der Waals surface area (Å²) in [7, 11) is 0. The van der Waals surface area contributed by atoms with E-state index in [1.165, 1.54) is 19.3 Å². The molecule has 1 saturated heterocycles. The van der Waals surface area contributed by atoms with Crippen LogP contribution in [0.2, 0.25) is 0 Å². The maximum Gasteiger partial charge on any atom is 0.320 e. The van der Waals surface area contributed by atoms with Gasteiger partial charge in [-0.3, -0.25) is 9.69 Å². The molecule has 0 bridgehead atoms. The van der Waals surface area contributed by atoms with Gasteiger partial charge in [-0.1, -0.05) is 31.0 Å². The van der Waals surface area contributed by atoms with Crippen molar-refractivity contribution in [1.82, 2.24) is 4.90 Å². The predicted molar refractivity (Wildman–Crippen MR) is 88.3 cm³/mol. The summed E-state index contributed by atoms with van der Waals surface area (Å²) in [6, 6.07) is 8.11. The zero-order valence-corrected chi connectivity index (χ0v) is 13.5. The van der Waals surface area contributed by atoms with Gasteiger partial charge in [0.05, 0.1) is 0 Å². The minimum atomic E-state index is -0.676. The summed E-state index contributed by atoms with van der Waals surface area (Å²) < 4.78 is 5.87. The molecule has 1 N–H and O–H groups in total. The van der Waals surface area contributed by atoms with Crippen molar-refractivity contribution < 1.29 is 14.3 Å². The molecule has 3 unspecified atom stereocenters. The summed E-state index contributed by atoms with van der Waals surface area (Å²) in [4.78, 5) is 14.0. The Kier molecular flexibility index (Phi) is 3.64. The Bertz CT molecular complexity index is 735. The van der Waals surface area contributed by atoms with Crippen molar-refractivity contribution >= 4 is 16.9 Å². The number of carboxylic acid groups (broad SMARTS) is 1. The molecule has 4 rings (SSSR count). The monoisotopic (exact) mass is 313 g/mol. The van der Waals surface area contributed by atoms with Crippen LogP contribution in [0.25, 0.3) is 11.0 Å². The van der Waals surface area contributed by atoms with Crippen LogP contribution in [0.15, 0.2) is 28.7 Å². The fourth-order valence-corrected chi connectivity index (χ4v) is 4.62. The van der Waals surface area contributed by atoms with E-state index in [-0.39, 0.29) is 6.04 Å². The third-order valence-corrected chi connectivity index (χ3v) is 5.75. The molecule has 2 fully saturated rings. The molecule has 3 atom stereocenters. The van der Waals surface area contributed by atoms with Gasteiger partial charge < -0.3 is 9.52 Å². The second-order valence-corrected chi connectivity index (χ2v) is 7.01. The first kappa shape index (κ1) is 14.8. The highest BCUT2D eigenvalue weighted by Crippen LogP contribution is 2.41. The molecular formula is C19H23NO3. The molecule has 0 spiro atoms. The first-order valence-electron chi connectivity index (χ1n) is 8.60. The Hall–Kier alpha value is -1.81. The number of furan rings is 1. The van der Waals surface area contributed by atoms with Crippen molar-refractivity contribution in [2.24, 2.45) is 5.92 Å². The van der Waals surface area contributed by atoms with Gasteiger partial charge in [0, 0.05) is 23.5 Å². The Morgan fingerprint density at radius 1 is 1.30 bits per heavy atom. The number of carbonyl (C=O) groups is 1. The number of hydrogen-bond acceptors (Lipinski definition) is 3. The minimum absolute atomic E-state index is 0.351. The quantitative estimate of drug-likeness (QED) is 0.932. The van der Waals surface area contributed by atoms with Crippen molar-refractivity contribution in [2.75, 3.05) is 0 Å². The number of likely N-dealkylation sites (tertiary alicyclic amines) is 1. The molecular weight excluding hydrogens is 290 g/mol. The van der Waals surface area contributed by atoms with Gasteiger partial charge in [0.15, 0.2) is 0 Å². The molecule has 122 valence electrons. The molecule has 1 aromatic heterocycles. The molecule has 2 aliphatic rings. The first-order chi connectivity index (χ1) is 11.1. The lowest BCUT2D eigenvalue weighted by Crippen LogP contribution is -2.41. The molecule has 0 radical (unpaired) electrons. The van der Waals surface area contributed by atoms with Gasteiger partial charge in [0.1, 0.15) is 17.4 Å². The molecule has 1 aliphatic heterocycles. The number of nitrogens with zero attached hydrogens (tertiary/aromatic N) is 1. The lowest BCUT2D eigenvalue weighted by Gasteiger charge is -2.32. The summed E-state index contributed by atoms with van der Waals surface area (Å²) in [5, 5.41) is 10.8. The normalized spacial score (nSPS) is 28.1. The summed E-state index contributed by atoms with van der Waals surface area (Å²) in [5.41, 5.74) is 2.05. The Balaban J connectivity index is 1.69. The zero-order chi connectivity index (χ0) is 16.0. The summed E-state index contributed by atoms with van der Waals surface area (Å²) in [6.07, 6.45) is 5.57. The molecule has 1 aliphatic carbocycles. The van der Waals surface area contributed by atoms with Crippen LogP contribution < -0.4 is 0 Å². The summed E-state index contributed by atoms with van der Waals surface area (Å²) in [5.74, 6) is 0.780. The lowest BCUT2D eigenvalue weighted by molar-refractivity contribution is -0.142. The Labute approximate surface area is 136 Å². The Morgan fingerprint density at radius 2 is 2.09 bits per heavy atom. The van der Waals surface area contributed by atoms with Crippen LogP contribution >= 0.6 is 0 Å². The fourth-order valence-electron chi connectivity index (χ4n) is 4.62. The van der Waals surface area contributed by atoms with E-state index in [0.29, 0.717) is 18.5 Å². The van der Waals surface area contributed by atoms with Crippen LogP contribution in [0.3, 0.4) is 0 Å².